The van der Waals surface area contributed by atoms with Crippen LogP contribution in [0.1, 0.15) is 50.2 Å². The molecule has 1 aromatic carbocycles. The second-order valence-corrected chi connectivity index (χ2v) is 10.0. The zero-order valence-electron chi connectivity index (χ0n) is 18.1. The largest absolute Gasteiger partial charge is 0.383 e. The molecule has 3 aromatic rings. The van der Waals surface area contributed by atoms with Gasteiger partial charge in [0, 0.05) is 23.5 Å². The topological polar surface area (TPSA) is 94.0 Å². The van der Waals surface area contributed by atoms with Gasteiger partial charge in [-0.2, -0.15) is 0 Å². The van der Waals surface area contributed by atoms with Crippen LogP contribution in [0.4, 0.5) is 17.5 Å². The van der Waals surface area contributed by atoms with Crippen molar-refractivity contribution in [1.29, 1.82) is 0 Å². The number of hydrogen-bond donors (Lipinski definition) is 2. The Hall–Kier alpha value is -2.41. The van der Waals surface area contributed by atoms with E-state index in [9.17, 15) is 0 Å². The van der Waals surface area contributed by atoms with Crippen molar-refractivity contribution in [2.45, 2.75) is 51.5 Å². The number of nitrogens with two attached hydrogens (primary N) is 2. The lowest BCUT2D eigenvalue weighted by atomic mass is 9.79. The van der Waals surface area contributed by atoms with Gasteiger partial charge in [0.05, 0.1) is 9.99 Å². The molecule has 6 nitrogen and oxygen atoms in total. The molecule has 1 aliphatic carbocycles. The van der Waals surface area contributed by atoms with Crippen molar-refractivity contribution in [3.05, 3.63) is 46.2 Å². The number of pyridine rings is 1. The molecule has 5 rings (SSSR count). The smallest absolute Gasteiger partial charge is 0.138 e. The van der Waals surface area contributed by atoms with Crippen molar-refractivity contribution < 1.29 is 0 Å². The maximum atomic E-state index is 6.08. The SMILES string of the molecule is CC(c1ccc2cc(Br)c(N)nc2c1)[C@H](C)C1CCC(N2CCc3c(N)ncnc32)C1. The van der Waals surface area contributed by atoms with Crippen LogP contribution in [0.15, 0.2) is 35.1 Å². The van der Waals surface area contributed by atoms with Crippen LogP contribution in [-0.4, -0.2) is 27.5 Å². The molecular weight excluding hydrogens is 452 g/mol. The molecule has 3 heterocycles. The summed E-state index contributed by atoms with van der Waals surface area (Å²) >= 11 is 3.47. The standard InChI is InChI=1S/C24H29BrN6/c1-13(14(2)16-3-4-17-10-20(25)23(27)30-21(17)11-16)15-5-6-18(9-15)31-8-7-19-22(26)28-12-29-24(19)31/h3-4,10-15,18H,5-9H2,1-2H3,(H2,27,30)(H2,26,28,29)/t13-,14?,15?,18?/m0/s1. The third-order valence-corrected chi connectivity index (χ3v) is 8.23. The van der Waals surface area contributed by atoms with Crippen LogP contribution in [-0.2, 0) is 6.42 Å². The Labute approximate surface area is 191 Å². The van der Waals surface area contributed by atoms with Crippen molar-refractivity contribution in [1.82, 2.24) is 15.0 Å². The summed E-state index contributed by atoms with van der Waals surface area (Å²) in [7, 11) is 0. The predicted molar refractivity (Wildman–Crippen MR) is 130 cm³/mol. The van der Waals surface area contributed by atoms with Gasteiger partial charge in [0.2, 0.25) is 0 Å². The first-order valence-electron chi connectivity index (χ1n) is 11.1. The number of nitrogen functional groups attached to an aromatic ring is 2. The number of nitrogens with zero attached hydrogens (tertiary/aromatic N) is 4. The molecule has 1 aliphatic heterocycles. The van der Waals surface area contributed by atoms with E-state index in [1.807, 2.05) is 6.07 Å². The maximum Gasteiger partial charge on any atom is 0.138 e. The molecule has 2 aliphatic rings. The van der Waals surface area contributed by atoms with E-state index in [1.54, 1.807) is 6.33 Å². The zero-order chi connectivity index (χ0) is 21.7. The highest BCUT2D eigenvalue weighted by Crippen LogP contribution is 2.43. The normalized spacial score (nSPS) is 22.6. The minimum Gasteiger partial charge on any atom is -0.383 e. The molecule has 0 spiro atoms. The Morgan fingerprint density at radius 3 is 2.77 bits per heavy atom. The van der Waals surface area contributed by atoms with Crippen LogP contribution >= 0.6 is 15.9 Å². The molecule has 4 N–H and O–H groups in total. The van der Waals surface area contributed by atoms with E-state index in [4.69, 9.17) is 11.5 Å². The molecule has 0 saturated heterocycles. The average molecular weight is 481 g/mol. The summed E-state index contributed by atoms with van der Waals surface area (Å²) in [4.78, 5) is 15.8. The Kier molecular flexibility index (Phi) is 5.24. The summed E-state index contributed by atoms with van der Waals surface area (Å²) in [5.41, 5.74) is 15.5. The summed E-state index contributed by atoms with van der Waals surface area (Å²) in [6, 6.07) is 9.21. The van der Waals surface area contributed by atoms with Gasteiger partial charge in [0.15, 0.2) is 0 Å². The average Bonchev–Trinajstić information content (AvgIpc) is 3.41. The van der Waals surface area contributed by atoms with Gasteiger partial charge in [-0.05, 0) is 77.1 Å². The summed E-state index contributed by atoms with van der Waals surface area (Å²) in [6.45, 7) is 5.76. The number of aromatic nitrogens is 3. The summed E-state index contributed by atoms with van der Waals surface area (Å²) in [5, 5.41) is 1.11. The molecule has 31 heavy (non-hydrogen) atoms. The van der Waals surface area contributed by atoms with Crippen LogP contribution in [0.25, 0.3) is 10.9 Å². The summed E-state index contributed by atoms with van der Waals surface area (Å²) < 4.78 is 0.849. The number of hydrogen-bond acceptors (Lipinski definition) is 6. The minimum atomic E-state index is 0.462. The minimum absolute atomic E-state index is 0.462. The third kappa shape index (κ3) is 3.63. The third-order valence-electron chi connectivity index (χ3n) is 7.60. The van der Waals surface area contributed by atoms with E-state index in [0.717, 1.165) is 39.7 Å². The molecule has 7 heteroatoms. The van der Waals surface area contributed by atoms with Gasteiger partial charge in [-0.1, -0.05) is 26.0 Å². The first-order valence-corrected chi connectivity index (χ1v) is 11.9. The van der Waals surface area contributed by atoms with Crippen LogP contribution in [0, 0.1) is 11.8 Å². The number of benzene rings is 1. The summed E-state index contributed by atoms with van der Waals surface area (Å²) in [5.74, 6) is 3.99. The predicted octanol–water partition coefficient (Wildman–Crippen LogP) is 4.92. The zero-order valence-corrected chi connectivity index (χ0v) is 19.6. The fraction of sp³-hybridized carbons (Fsp3) is 0.458. The van der Waals surface area contributed by atoms with Gasteiger partial charge < -0.3 is 16.4 Å². The van der Waals surface area contributed by atoms with Gasteiger partial charge in [-0.15, -0.1) is 0 Å². The highest BCUT2D eigenvalue weighted by atomic mass is 79.9. The van der Waals surface area contributed by atoms with Gasteiger partial charge >= 0.3 is 0 Å². The first-order chi connectivity index (χ1) is 14.9. The second-order valence-electron chi connectivity index (χ2n) is 9.19. The van der Waals surface area contributed by atoms with Crippen molar-refractivity contribution in [3.63, 3.8) is 0 Å². The van der Waals surface area contributed by atoms with Crippen molar-refractivity contribution in [3.8, 4) is 0 Å². The molecule has 0 amide bonds. The van der Waals surface area contributed by atoms with E-state index in [0.29, 0.717) is 35.4 Å². The van der Waals surface area contributed by atoms with Crippen LogP contribution < -0.4 is 16.4 Å². The van der Waals surface area contributed by atoms with Gasteiger partial charge in [0.1, 0.15) is 23.8 Å². The summed E-state index contributed by atoms with van der Waals surface area (Å²) in [6.07, 6.45) is 6.24. The number of rotatable bonds is 4. The van der Waals surface area contributed by atoms with E-state index in [-0.39, 0.29) is 0 Å². The van der Waals surface area contributed by atoms with Crippen molar-refractivity contribution in [2.24, 2.45) is 11.8 Å². The number of halogens is 1. The Morgan fingerprint density at radius 2 is 1.94 bits per heavy atom. The van der Waals surface area contributed by atoms with E-state index >= 15 is 0 Å². The van der Waals surface area contributed by atoms with Crippen LogP contribution in [0.5, 0.6) is 0 Å². The molecule has 0 bridgehead atoms. The van der Waals surface area contributed by atoms with E-state index < -0.39 is 0 Å². The Bertz CT molecular complexity index is 1130. The second kappa shape index (κ2) is 7.93. The number of fused-ring (bicyclic) bond motifs is 2. The lowest BCUT2D eigenvalue weighted by Crippen LogP contribution is -2.32. The molecular formula is C24H29BrN6. The Balaban J connectivity index is 1.31. The molecule has 4 atom stereocenters. The van der Waals surface area contributed by atoms with Crippen LogP contribution in [0.2, 0.25) is 0 Å². The van der Waals surface area contributed by atoms with Crippen molar-refractivity contribution >= 4 is 44.3 Å². The highest BCUT2D eigenvalue weighted by molar-refractivity contribution is 9.10. The van der Waals surface area contributed by atoms with Crippen LogP contribution in [0.3, 0.4) is 0 Å². The molecule has 1 fully saturated rings. The van der Waals surface area contributed by atoms with E-state index in [2.05, 4.69) is 67.8 Å². The van der Waals surface area contributed by atoms with Crippen molar-refractivity contribution in [2.75, 3.05) is 22.9 Å². The number of anilines is 3. The van der Waals surface area contributed by atoms with E-state index in [1.165, 1.54) is 24.8 Å². The molecule has 162 valence electrons. The molecule has 1 saturated carbocycles. The fourth-order valence-corrected chi connectivity index (χ4v) is 5.85. The van der Waals surface area contributed by atoms with Gasteiger partial charge in [0.25, 0.3) is 0 Å². The van der Waals surface area contributed by atoms with Gasteiger partial charge in [-0.25, -0.2) is 15.0 Å². The molecule has 0 radical (unpaired) electrons. The monoisotopic (exact) mass is 480 g/mol. The van der Waals surface area contributed by atoms with Gasteiger partial charge in [-0.3, -0.25) is 0 Å². The lowest BCUT2D eigenvalue weighted by Gasteiger charge is -2.29. The highest BCUT2D eigenvalue weighted by Gasteiger charge is 2.37. The lowest BCUT2D eigenvalue weighted by molar-refractivity contribution is 0.317. The molecule has 2 aromatic heterocycles. The molecule has 3 unspecified atom stereocenters. The first kappa shape index (κ1) is 20.5. The fourth-order valence-electron chi connectivity index (χ4n) is 5.52. The quantitative estimate of drug-likeness (QED) is 0.549. The maximum absolute atomic E-state index is 6.08. The Morgan fingerprint density at radius 1 is 1.10 bits per heavy atom.